The van der Waals surface area contributed by atoms with Crippen LogP contribution < -0.4 is 21.2 Å². The molecule has 2 rings (SSSR count). The molecule has 0 aromatic heterocycles. The van der Waals surface area contributed by atoms with Gasteiger partial charge in [0, 0.05) is 15.6 Å². The van der Waals surface area contributed by atoms with Crippen LogP contribution in [0.15, 0.2) is 46.0 Å². The molecule has 0 radical (unpaired) electrons. The fourth-order valence-corrected chi connectivity index (χ4v) is 3.21. The second kappa shape index (κ2) is 11.8. The summed E-state index contributed by atoms with van der Waals surface area (Å²) in [6.45, 7) is 3.27. The Labute approximate surface area is 203 Å². The van der Waals surface area contributed by atoms with Crippen LogP contribution in [0, 0.1) is 5.92 Å². The SMILES string of the molecule is CC(C)C(NC(=O)c1ccc(Cl)c(Cl)c1)C(=O)N/N=C/c1cc(Br)ccc1OCC(N)=O. The Kier molecular flexibility index (Phi) is 9.49. The third kappa shape index (κ3) is 7.51. The van der Waals surface area contributed by atoms with Crippen molar-refractivity contribution in [1.29, 1.82) is 0 Å². The number of hydrogen-bond donors (Lipinski definition) is 3. The first kappa shape index (κ1) is 25.6. The van der Waals surface area contributed by atoms with E-state index in [2.05, 4.69) is 31.8 Å². The van der Waals surface area contributed by atoms with Crippen LogP contribution in [0.2, 0.25) is 10.0 Å². The molecular weight excluding hydrogens is 523 g/mol. The highest BCUT2D eigenvalue weighted by Crippen LogP contribution is 2.23. The number of ether oxygens (including phenoxy) is 1. The quantitative estimate of drug-likeness (QED) is 0.330. The van der Waals surface area contributed by atoms with Crippen LogP contribution >= 0.6 is 39.1 Å². The van der Waals surface area contributed by atoms with Crippen LogP contribution in [-0.4, -0.2) is 36.6 Å². The molecule has 2 aromatic rings. The normalized spacial score (nSPS) is 11.9. The molecule has 0 bridgehead atoms. The fraction of sp³-hybridized carbons (Fsp3) is 0.238. The van der Waals surface area contributed by atoms with Crippen molar-refractivity contribution in [3.05, 3.63) is 62.0 Å². The van der Waals surface area contributed by atoms with E-state index in [-0.39, 0.29) is 23.1 Å². The zero-order chi connectivity index (χ0) is 23.8. The summed E-state index contributed by atoms with van der Waals surface area (Å²) >= 11 is 15.2. The van der Waals surface area contributed by atoms with E-state index in [1.807, 2.05) is 0 Å². The number of hydrogen-bond acceptors (Lipinski definition) is 5. The highest BCUT2D eigenvalue weighted by Gasteiger charge is 2.24. The first-order valence-electron chi connectivity index (χ1n) is 9.38. The van der Waals surface area contributed by atoms with Gasteiger partial charge in [-0.2, -0.15) is 5.10 Å². The van der Waals surface area contributed by atoms with Gasteiger partial charge in [0.25, 0.3) is 17.7 Å². The monoisotopic (exact) mass is 542 g/mol. The molecule has 4 N–H and O–H groups in total. The molecule has 32 heavy (non-hydrogen) atoms. The third-order valence-electron chi connectivity index (χ3n) is 4.14. The number of nitrogens with two attached hydrogens (primary N) is 1. The number of halogens is 3. The van der Waals surface area contributed by atoms with Gasteiger partial charge in [0.1, 0.15) is 11.8 Å². The number of carbonyl (C=O) groups excluding carboxylic acids is 3. The molecule has 3 amide bonds. The molecule has 0 spiro atoms. The van der Waals surface area contributed by atoms with Gasteiger partial charge >= 0.3 is 0 Å². The summed E-state index contributed by atoms with van der Waals surface area (Å²) in [6.07, 6.45) is 1.36. The van der Waals surface area contributed by atoms with Crippen LogP contribution in [-0.2, 0) is 9.59 Å². The Morgan fingerprint density at radius 2 is 1.88 bits per heavy atom. The Morgan fingerprint density at radius 1 is 1.16 bits per heavy atom. The van der Waals surface area contributed by atoms with Crippen LogP contribution in [0.25, 0.3) is 0 Å². The highest BCUT2D eigenvalue weighted by molar-refractivity contribution is 9.10. The predicted molar refractivity (Wildman–Crippen MR) is 127 cm³/mol. The van der Waals surface area contributed by atoms with Gasteiger partial charge in [0.05, 0.1) is 16.3 Å². The van der Waals surface area contributed by atoms with Crippen LogP contribution in [0.4, 0.5) is 0 Å². The molecule has 0 heterocycles. The second-order valence-electron chi connectivity index (χ2n) is 7.00. The number of primary amides is 1. The third-order valence-corrected chi connectivity index (χ3v) is 5.37. The lowest BCUT2D eigenvalue weighted by atomic mass is 10.0. The van der Waals surface area contributed by atoms with Crippen molar-refractivity contribution < 1.29 is 19.1 Å². The van der Waals surface area contributed by atoms with Crippen molar-refractivity contribution in [2.45, 2.75) is 19.9 Å². The Bertz CT molecular complexity index is 1050. The number of nitrogens with zero attached hydrogens (tertiary/aromatic N) is 1. The standard InChI is InChI=1S/C21H21BrCl2N4O4/c1-11(2)19(27-20(30)12-3-5-15(23)16(24)8-12)21(31)28-26-9-13-7-14(22)4-6-17(13)32-10-18(25)29/h3-9,11,19H,10H2,1-2H3,(H2,25,29)(H,27,30)(H,28,31)/b26-9+. The summed E-state index contributed by atoms with van der Waals surface area (Å²) < 4.78 is 6.08. The largest absolute Gasteiger partial charge is 0.483 e. The van der Waals surface area contributed by atoms with Gasteiger partial charge in [0.2, 0.25) is 0 Å². The lowest BCUT2D eigenvalue weighted by Crippen LogP contribution is -2.48. The molecule has 11 heteroatoms. The van der Waals surface area contributed by atoms with Gasteiger partial charge in [-0.05, 0) is 42.3 Å². The molecule has 0 aliphatic carbocycles. The summed E-state index contributed by atoms with van der Waals surface area (Å²) in [5.41, 5.74) is 8.29. The smallest absolute Gasteiger partial charge is 0.262 e. The topological polar surface area (TPSA) is 123 Å². The molecule has 170 valence electrons. The fourth-order valence-electron chi connectivity index (χ4n) is 2.53. The lowest BCUT2D eigenvalue weighted by Gasteiger charge is -2.20. The first-order chi connectivity index (χ1) is 15.1. The van der Waals surface area contributed by atoms with E-state index in [1.165, 1.54) is 24.4 Å². The van der Waals surface area contributed by atoms with Crippen molar-refractivity contribution in [1.82, 2.24) is 10.7 Å². The number of rotatable bonds is 9. The molecule has 0 fully saturated rings. The zero-order valence-corrected chi connectivity index (χ0v) is 20.3. The van der Waals surface area contributed by atoms with E-state index in [9.17, 15) is 14.4 Å². The maximum absolute atomic E-state index is 12.6. The average Bonchev–Trinajstić information content (AvgIpc) is 2.72. The minimum Gasteiger partial charge on any atom is -0.483 e. The van der Waals surface area contributed by atoms with Crippen molar-refractivity contribution in [2.75, 3.05) is 6.61 Å². The number of nitrogens with one attached hydrogen (secondary N) is 2. The number of hydrazone groups is 1. The van der Waals surface area contributed by atoms with Gasteiger partial charge in [0.15, 0.2) is 6.61 Å². The summed E-state index contributed by atoms with van der Waals surface area (Å²) in [7, 11) is 0. The summed E-state index contributed by atoms with van der Waals surface area (Å²) in [4.78, 5) is 36.2. The molecular formula is C21H21BrCl2N4O4. The molecule has 1 atom stereocenters. The summed E-state index contributed by atoms with van der Waals surface area (Å²) in [6, 6.07) is 8.62. The molecule has 0 aliphatic heterocycles. The Morgan fingerprint density at radius 3 is 2.50 bits per heavy atom. The average molecular weight is 544 g/mol. The van der Waals surface area contributed by atoms with Gasteiger partial charge in [-0.3, -0.25) is 14.4 Å². The number of carbonyl (C=O) groups is 3. The van der Waals surface area contributed by atoms with Gasteiger partial charge in [-0.1, -0.05) is 53.0 Å². The van der Waals surface area contributed by atoms with Crippen LogP contribution in [0.1, 0.15) is 29.8 Å². The van der Waals surface area contributed by atoms with Crippen molar-refractivity contribution in [2.24, 2.45) is 16.8 Å². The minimum absolute atomic E-state index is 0.225. The van der Waals surface area contributed by atoms with E-state index in [4.69, 9.17) is 33.7 Å². The van der Waals surface area contributed by atoms with Gasteiger partial charge < -0.3 is 15.8 Å². The van der Waals surface area contributed by atoms with E-state index >= 15 is 0 Å². The minimum atomic E-state index is -0.859. The van der Waals surface area contributed by atoms with Gasteiger partial charge in [-0.15, -0.1) is 0 Å². The Hall–Kier alpha value is -2.62. The molecule has 0 saturated carbocycles. The lowest BCUT2D eigenvalue weighted by molar-refractivity contribution is -0.124. The maximum atomic E-state index is 12.6. The van der Waals surface area contributed by atoms with Crippen molar-refractivity contribution in [3.8, 4) is 5.75 Å². The highest BCUT2D eigenvalue weighted by atomic mass is 79.9. The molecule has 2 aromatic carbocycles. The van der Waals surface area contributed by atoms with Crippen molar-refractivity contribution >= 4 is 63.1 Å². The Balaban J connectivity index is 2.09. The number of amides is 3. The molecule has 0 aliphatic rings. The molecule has 0 saturated heterocycles. The van der Waals surface area contributed by atoms with E-state index in [0.29, 0.717) is 16.3 Å². The molecule has 1 unspecified atom stereocenters. The van der Waals surface area contributed by atoms with E-state index in [0.717, 1.165) is 4.47 Å². The molecule has 8 nitrogen and oxygen atoms in total. The van der Waals surface area contributed by atoms with E-state index in [1.54, 1.807) is 32.0 Å². The maximum Gasteiger partial charge on any atom is 0.262 e. The second-order valence-corrected chi connectivity index (χ2v) is 8.73. The predicted octanol–water partition coefficient (Wildman–Crippen LogP) is 3.52. The first-order valence-corrected chi connectivity index (χ1v) is 10.9. The zero-order valence-electron chi connectivity index (χ0n) is 17.2. The number of benzene rings is 2. The van der Waals surface area contributed by atoms with Crippen LogP contribution in [0.3, 0.4) is 0 Å². The van der Waals surface area contributed by atoms with Crippen LogP contribution in [0.5, 0.6) is 5.75 Å². The summed E-state index contributed by atoms with van der Waals surface area (Å²) in [5.74, 6) is -1.48. The van der Waals surface area contributed by atoms with Crippen molar-refractivity contribution in [3.63, 3.8) is 0 Å². The van der Waals surface area contributed by atoms with Gasteiger partial charge in [-0.25, -0.2) is 5.43 Å². The van der Waals surface area contributed by atoms with E-state index < -0.39 is 23.8 Å². The summed E-state index contributed by atoms with van der Waals surface area (Å²) in [5, 5.41) is 7.17.